The van der Waals surface area contributed by atoms with Gasteiger partial charge in [0.25, 0.3) is 0 Å². The number of nitrogens with one attached hydrogen (secondary N) is 1. The Labute approximate surface area is 168 Å². The second-order valence-electron chi connectivity index (χ2n) is 7.53. The highest BCUT2D eigenvalue weighted by molar-refractivity contribution is 7.98. The molecule has 1 heterocycles. The molecule has 3 aliphatic rings. The van der Waals surface area contributed by atoms with Gasteiger partial charge in [-0.1, -0.05) is 24.3 Å². The summed E-state index contributed by atoms with van der Waals surface area (Å²) in [4.78, 5) is 40.6. The lowest BCUT2D eigenvalue weighted by atomic mass is 9.85. The summed E-state index contributed by atoms with van der Waals surface area (Å²) in [5.41, 5.74) is 0.533. The van der Waals surface area contributed by atoms with Crippen molar-refractivity contribution in [3.05, 3.63) is 36.4 Å². The van der Waals surface area contributed by atoms with E-state index in [0.29, 0.717) is 23.6 Å². The van der Waals surface area contributed by atoms with Crippen LogP contribution in [0.2, 0.25) is 0 Å². The number of hydrogen-bond acceptors (Lipinski definition) is 5. The summed E-state index contributed by atoms with van der Waals surface area (Å²) in [5, 5.41) is 2.86. The predicted octanol–water partition coefficient (Wildman–Crippen LogP) is 2.56. The monoisotopic (exact) mass is 400 g/mol. The molecule has 1 aromatic rings. The van der Waals surface area contributed by atoms with Gasteiger partial charge < -0.3 is 10.1 Å². The molecule has 2 bridgehead atoms. The molecule has 1 aromatic carbocycles. The average molecular weight is 401 g/mol. The van der Waals surface area contributed by atoms with E-state index in [0.717, 1.165) is 6.42 Å². The van der Waals surface area contributed by atoms with Gasteiger partial charge in [-0.2, -0.15) is 11.8 Å². The van der Waals surface area contributed by atoms with Crippen LogP contribution in [0.1, 0.15) is 12.8 Å². The molecule has 3 amide bonds. The van der Waals surface area contributed by atoms with Crippen LogP contribution in [-0.4, -0.2) is 47.8 Å². The standard InChI is InChI=1S/C21H24N2O4S/c1-27-16-6-4-3-5-14(16)22-19(24)15(9-10-28-2)23-20(25)17-12-7-8-13(11-12)18(17)21(23)26/h3-8,12-13,15,17-18H,9-11H2,1-2H3,(H,22,24). The number of benzene rings is 1. The zero-order valence-electron chi connectivity index (χ0n) is 16.0. The highest BCUT2D eigenvalue weighted by atomic mass is 32.2. The summed E-state index contributed by atoms with van der Waals surface area (Å²) in [6.45, 7) is 0. The van der Waals surface area contributed by atoms with Gasteiger partial charge in [0, 0.05) is 0 Å². The zero-order valence-corrected chi connectivity index (χ0v) is 16.8. The molecule has 1 aliphatic heterocycles. The molecule has 4 rings (SSSR count). The number of hydrogen-bond donors (Lipinski definition) is 1. The van der Waals surface area contributed by atoms with Gasteiger partial charge in [-0.05, 0) is 48.8 Å². The van der Waals surface area contributed by atoms with Gasteiger partial charge in [-0.15, -0.1) is 0 Å². The Balaban J connectivity index is 1.59. The maximum atomic E-state index is 13.1. The number of carbonyl (C=O) groups excluding carboxylic acids is 3. The summed E-state index contributed by atoms with van der Waals surface area (Å²) < 4.78 is 5.30. The van der Waals surface area contributed by atoms with Crippen molar-refractivity contribution in [2.75, 3.05) is 24.4 Å². The number of carbonyl (C=O) groups is 3. The Morgan fingerprint density at radius 1 is 1.21 bits per heavy atom. The summed E-state index contributed by atoms with van der Waals surface area (Å²) in [6, 6.07) is 6.32. The van der Waals surface area contributed by atoms with Crippen LogP contribution in [0.15, 0.2) is 36.4 Å². The highest BCUT2D eigenvalue weighted by Crippen LogP contribution is 2.53. The lowest BCUT2D eigenvalue weighted by Crippen LogP contribution is -2.48. The smallest absolute Gasteiger partial charge is 0.247 e. The van der Waals surface area contributed by atoms with Crippen molar-refractivity contribution in [2.24, 2.45) is 23.7 Å². The largest absolute Gasteiger partial charge is 0.495 e. The summed E-state index contributed by atoms with van der Waals surface area (Å²) in [7, 11) is 1.54. The van der Waals surface area contributed by atoms with Crippen molar-refractivity contribution < 1.29 is 19.1 Å². The van der Waals surface area contributed by atoms with Crippen LogP contribution in [0, 0.1) is 23.7 Å². The van der Waals surface area contributed by atoms with E-state index in [1.807, 2.05) is 12.3 Å². The van der Waals surface area contributed by atoms with E-state index in [-0.39, 0.29) is 41.4 Å². The van der Waals surface area contributed by atoms with Crippen LogP contribution in [0.3, 0.4) is 0 Å². The number of likely N-dealkylation sites (tertiary alicyclic amines) is 1. The second kappa shape index (κ2) is 7.62. The molecule has 0 aromatic heterocycles. The molecular weight excluding hydrogens is 376 g/mol. The van der Waals surface area contributed by atoms with Crippen LogP contribution in [0.4, 0.5) is 5.69 Å². The van der Waals surface area contributed by atoms with Crippen molar-refractivity contribution in [1.82, 2.24) is 4.90 Å². The fraction of sp³-hybridized carbons (Fsp3) is 0.476. The maximum Gasteiger partial charge on any atom is 0.247 e. The number of fused-ring (bicyclic) bond motifs is 5. The average Bonchev–Trinajstić information content (AvgIpc) is 3.38. The normalized spacial score (nSPS) is 28.6. The number of anilines is 1. The topological polar surface area (TPSA) is 75.7 Å². The molecule has 5 atom stereocenters. The van der Waals surface area contributed by atoms with Crippen LogP contribution in [0.25, 0.3) is 0 Å². The minimum Gasteiger partial charge on any atom is -0.495 e. The first-order valence-corrected chi connectivity index (χ1v) is 10.9. The quantitative estimate of drug-likeness (QED) is 0.562. The fourth-order valence-electron chi connectivity index (χ4n) is 4.80. The minimum atomic E-state index is -0.803. The number of amides is 3. The molecule has 0 spiro atoms. The van der Waals surface area contributed by atoms with Crippen molar-refractivity contribution in [3.63, 3.8) is 0 Å². The van der Waals surface area contributed by atoms with Gasteiger partial charge in [-0.25, -0.2) is 0 Å². The number of nitrogens with zero attached hydrogens (tertiary/aromatic N) is 1. The zero-order chi connectivity index (χ0) is 19.8. The van der Waals surface area contributed by atoms with Crippen molar-refractivity contribution in [2.45, 2.75) is 18.9 Å². The molecule has 5 unspecified atom stereocenters. The van der Waals surface area contributed by atoms with Gasteiger partial charge in [0.15, 0.2) is 0 Å². The Morgan fingerprint density at radius 2 is 1.86 bits per heavy atom. The molecule has 0 radical (unpaired) electrons. The fourth-order valence-corrected chi connectivity index (χ4v) is 5.26. The lowest BCUT2D eigenvalue weighted by molar-refractivity contribution is -0.147. The van der Waals surface area contributed by atoms with E-state index in [2.05, 4.69) is 17.5 Å². The van der Waals surface area contributed by atoms with Crippen LogP contribution < -0.4 is 10.1 Å². The third kappa shape index (κ3) is 3.02. The van der Waals surface area contributed by atoms with Gasteiger partial charge in [0.2, 0.25) is 17.7 Å². The Kier molecular flexibility index (Phi) is 5.19. The third-order valence-electron chi connectivity index (χ3n) is 6.08. The second-order valence-corrected chi connectivity index (χ2v) is 8.52. The first kappa shape index (κ1) is 19.1. The maximum absolute atomic E-state index is 13.1. The van der Waals surface area contributed by atoms with Gasteiger partial charge in [-0.3, -0.25) is 19.3 Å². The van der Waals surface area contributed by atoms with Crippen LogP contribution >= 0.6 is 11.8 Å². The van der Waals surface area contributed by atoms with E-state index in [4.69, 9.17) is 4.74 Å². The number of methoxy groups -OCH3 is 1. The first-order valence-electron chi connectivity index (χ1n) is 9.55. The molecule has 7 heteroatoms. The number of ether oxygens (including phenoxy) is 1. The molecule has 6 nitrogen and oxygen atoms in total. The lowest BCUT2D eigenvalue weighted by Gasteiger charge is -2.27. The number of para-hydroxylation sites is 2. The third-order valence-corrected chi connectivity index (χ3v) is 6.72. The highest BCUT2D eigenvalue weighted by Gasteiger charge is 2.61. The molecule has 148 valence electrons. The summed E-state index contributed by atoms with van der Waals surface area (Å²) in [5.74, 6) is 0.183. The van der Waals surface area contributed by atoms with E-state index in [1.54, 1.807) is 30.0 Å². The predicted molar refractivity (Wildman–Crippen MR) is 108 cm³/mol. The van der Waals surface area contributed by atoms with Crippen molar-refractivity contribution >= 4 is 35.2 Å². The molecule has 28 heavy (non-hydrogen) atoms. The SMILES string of the molecule is COc1ccccc1NC(=O)C(CCSC)N1C(=O)C2C3C=CC(C3)C2C1=O. The molecule has 2 aliphatic carbocycles. The molecular formula is C21H24N2O4S. The van der Waals surface area contributed by atoms with Gasteiger partial charge in [0.1, 0.15) is 11.8 Å². The van der Waals surface area contributed by atoms with Crippen LogP contribution in [-0.2, 0) is 14.4 Å². The van der Waals surface area contributed by atoms with Crippen molar-refractivity contribution in [3.8, 4) is 5.75 Å². The Hall–Kier alpha value is -2.28. The molecule has 2 fully saturated rings. The van der Waals surface area contributed by atoms with E-state index in [9.17, 15) is 14.4 Å². The molecule has 1 saturated heterocycles. The number of thioether (sulfide) groups is 1. The van der Waals surface area contributed by atoms with Gasteiger partial charge >= 0.3 is 0 Å². The van der Waals surface area contributed by atoms with E-state index >= 15 is 0 Å². The number of rotatable bonds is 7. The summed E-state index contributed by atoms with van der Waals surface area (Å²) >= 11 is 1.59. The van der Waals surface area contributed by atoms with Gasteiger partial charge in [0.05, 0.1) is 24.6 Å². The summed E-state index contributed by atoms with van der Waals surface area (Å²) in [6.07, 6.45) is 7.38. The first-order chi connectivity index (χ1) is 13.6. The number of allylic oxidation sites excluding steroid dienone is 2. The van der Waals surface area contributed by atoms with Crippen LogP contribution in [0.5, 0.6) is 5.75 Å². The Bertz CT molecular complexity index is 809. The molecule has 1 saturated carbocycles. The Morgan fingerprint density at radius 3 is 2.46 bits per heavy atom. The minimum absolute atomic E-state index is 0.134. The van der Waals surface area contributed by atoms with Crippen molar-refractivity contribution in [1.29, 1.82) is 0 Å². The van der Waals surface area contributed by atoms with E-state index < -0.39 is 6.04 Å². The number of imide groups is 1. The molecule has 1 N–H and O–H groups in total. The van der Waals surface area contributed by atoms with E-state index in [1.165, 1.54) is 12.0 Å².